The van der Waals surface area contributed by atoms with Crippen molar-refractivity contribution in [2.75, 3.05) is 25.5 Å². The van der Waals surface area contributed by atoms with Crippen molar-refractivity contribution in [2.45, 2.75) is 19.0 Å². The van der Waals surface area contributed by atoms with Crippen LogP contribution >= 0.6 is 0 Å². The number of benzene rings is 2. The molecule has 0 aliphatic carbocycles. The molecule has 2 aromatic carbocycles. The molecule has 0 fully saturated rings. The minimum absolute atomic E-state index is 0.0445. The maximum absolute atomic E-state index is 12.6. The van der Waals surface area contributed by atoms with Crippen LogP contribution in [0.5, 0.6) is 5.75 Å². The molecule has 0 radical (unpaired) electrons. The van der Waals surface area contributed by atoms with E-state index in [1.54, 1.807) is 31.4 Å². The van der Waals surface area contributed by atoms with Crippen LogP contribution in [0.1, 0.15) is 22.9 Å². The van der Waals surface area contributed by atoms with Crippen LogP contribution in [-0.2, 0) is 29.6 Å². The van der Waals surface area contributed by atoms with Crippen molar-refractivity contribution in [2.24, 2.45) is 7.05 Å². The zero-order valence-corrected chi connectivity index (χ0v) is 18.4. The lowest BCUT2D eigenvalue weighted by Gasteiger charge is -2.36. The fourth-order valence-corrected chi connectivity index (χ4v) is 4.18. The van der Waals surface area contributed by atoms with Crippen molar-refractivity contribution in [3.63, 3.8) is 0 Å². The molecule has 2 heterocycles. The highest BCUT2D eigenvalue weighted by atomic mass is 16.5. The van der Waals surface area contributed by atoms with Crippen molar-refractivity contribution in [1.82, 2.24) is 14.8 Å². The summed E-state index contributed by atoms with van der Waals surface area (Å²) in [6.45, 7) is 2.03. The summed E-state index contributed by atoms with van der Waals surface area (Å²) in [6.07, 6.45) is 2.96. The molecule has 3 aromatic rings. The Morgan fingerprint density at radius 2 is 1.84 bits per heavy atom. The van der Waals surface area contributed by atoms with Crippen LogP contribution in [0.3, 0.4) is 0 Å². The summed E-state index contributed by atoms with van der Waals surface area (Å²) in [7, 11) is 3.55. The Hall–Kier alpha value is -3.58. The fraction of sp³-hybridized carbons (Fsp3) is 0.280. The van der Waals surface area contributed by atoms with Crippen LogP contribution in [0, 0.1) is 0 Å². The topological polar surface area (TPSA) is 75.6 Å². The van der Waals surface area contributed by atoms with Gasteiger partial charge >= 0.3 is 11.8 Å². The Balaban J connectivity index is 1.44. The highest BCUT2D eigenvalue weighted by molar-refractivity contribution is 6.39. The average Bonchev–Trinajstić information content (AvgIpc) is 3.24. The van der Waals surface area contributed by atoms with E-state index in [2.05, 4.69) is 50.4 Å². The number of fused-ring (bicyclic) bond motifs is 1. The highest BCUT2D eigenvalue weighted by Crippen LogP contribution is 2.27. The van der Waals surface area contributed by atoms with Crippen molar-refractivity contribution >= 4 is 17.5 Å². The predicted octanol–water partition coefficient (Wildman–Crippen LogP) is 2.89. The molecule has 0 saturated carbocycles. The first-order valence-corrected chi connectivity index (χ1v) is 10.7. The van der Waals surface area contributed by atoms with Gasteiger partial charge in [0.25, 0.3) is 0 Å². The molecule has 7 heteroatoms. The number of hydrogen-bond donors (Lipinski definition) is 2. The van der Waals surface area contributed by atoms with E-state index < -0.39 is 11.8 Å². The van der Waals surface area contributed by atoms with E-state index in [9.17, 15) is 9.59 Å². The predicted molar refractivity (Wildman–Crippen MR) is 123 cm³/mol. The summed E-state index contributed by atoms with van der Waals surface area (Å²) >= 11 is 0. The zero-order valence-electron chi connectivity index (χ0n) is 18.4. The molecule has 4 rings (SSSR count). The third-order valence-electron chi connectivity index (χ3n) is 5.92. The molecule has 0 spiro atoms. The van der Waals surface area contributed by atoms with E-state index in [1.807, 2.05) is 19.3 Å². The standard InChI is InChI=1S/C25H28N4O3/c1-28-13-6-11-22(28)23(29-14-12-18-7-3-4-8-19(18)17-29)16-26-24(30)25(31)27-20-9-5-10-21(15-20)32-2/h3-11,13,15,23H,12,14,16-17H2,1-2H3,(H,26,30)(H,27,31)/t23-/m1/s1. The Bertz CT molecular complexity index is 1110. The number of methoxy groups -OCH3 is 1. The van der Waals surface area contributed by atoms with Crippen LogP contribution in [0.2, 0.25) is 0 Å². The Labute approximate surface area is 188 Å². The number of carbonyl (C=O) groups excluding carboxylic acids is 2. The molecule has 1 aromatic heterocycles. The number of nitrogens with one attached hydrogen (secondary N) is 2. The normalized spacial score (nSPS) is 14.3. The molecule has 1 aliphatic heterocycles. The summed E-state index contributed by atoms with van der Waals surface area (Å²) < 4.78 is 7.22. The third-order valence-corrected chi connectivity index (χ3v) is 5.92. The highest BCUT2D eigenvalue weighted by Gasteiger charge is 2.27. The molecule has 2 amide bonds. The first kappa shape index (κ1) is 21.6. The third kappa shape index (κ3) is 4.84. The van der Waals surface area contributed by atoms with Crippen molar-refractivity contribution < 1.29 is 14.3 Å². The van der Waals surface area contributed by atoms with Crippen LogP contribution in [-0.4, -0.2) is 41.5 Å². The van der Waals surface area contributed by atoms with Gasteiger partial charge in [-0.15, -0.1) is 0 Å². The quantitative estimate of drug-likeness (QED) is 0.588. The van der Waals surface area contributed by atoms with Crippen LogP contribution in [0.15, 0.2) is 66.9 Å². The smallest absolute Gasteiger partial charge is 0.313 e. The van der Waals surface area contributed by atoms with E-state index >= 15 is 0 Å². The Morgan fingerprint density at radius 3 is 2.59 bits per heavy atom. The lowest BCUT2D eigenvalue weighted by molar-refractivity contribution is -0.136. The second kappa shape index (κ2) is 9.70. The molecule has 166 valence electrons. The number of aryl methyl sites for hydroxylation is 1. The maximum Gasteiger partial charge on any atom is 0.313 e. The van der Waals surface area contributed by atoms with E-state index in [0.717, 1.165) is 25.2 Å². The van der Waals surface area contributed by atoms with E-state index in [1.165, 1.54) is 11.1 Å². The van der Waals surface area contributed by atoms with Crippen molar-refractivity contribution in [3.05, 3.63) is 83.7 Å². The van der Waals surface area contributed by atoms with Gasteiger partial charge in [-0.3, -0.25) is 14.5 Å². The molecule has 0 unspecified atom stereocenters. The Kier molecular flexibility index (Phi) is 6.56. The molecule has 1 atom stereocenters. The van der Waals surface area contributed by atoms with Crippen LogP contribution < -0.4 is 15.4 Å². The number of ether oxygens (including phenoxy) is 1. The number of rotatable bonds is 6. The maximum atomic E-state index is 12.6. The van der Waals surface area contributed by atoms with Gasteiger partial charge in [-0.2, -0.15) is 0 Å². The van der Waals surface area contributed by atoms with Gasteiger partial charge in [-0.25, -0.2) is 0 Å². The summed E-state index contributed by atoms with van der Waals surface area (Å²) in [6, 6.07) is 19.4. The van der Waals surface area contributed by atoms with Crippen LogP contribution in [0.25, 0.3) is 0 Å². The van der Waals surface area contributed by atoms with E-state index in [-0.39, 0.29) is 6.04 Å². The molecular formula is C25H28N4O3. The minimum atomic E-state index is -0.701. The van der Waals surface area contributed by atoms with Gasteiger partial charge in [0.15, 0.2) is 0 Å². The summed E-state index contributed by atoms with van der Waals surface area (Å²) in [4.78, 5) is 27.4. The second-order valence-electron chi connectivity index (χ2n) is 7.95. The number of carbonyl (C=O) groups is 2. The van der Waals surface area contributed by atoms with Gasteiger partial charge in [0.2, 0.25) is 0 Å². The molecule has 0 bridgehead atoms. The Morgan fingerprint density at radius 1 is 1.03 bits per heavy atom. The molecular weight excluding hydrogens is 404 g/mol. The molecule has 0 saturated heterocycles. The SMILES string of the molecule is COc1cccc(NC(=O)C(=O)NC[C@H](c2cccn2C)N2CCc3ccccc3C2)c1. The number of anilines is 1. The van der Waals surface area contributed by atoms with Gasteiger partial charge in [-0.1, -0.05) is 30.3 Å². The van der Waals surface area contributed by atoms with Crippen LogP contribution in [0.4, 0.5) is 5.69 Å². The summed E-state index contributed by atoms with van der Waals surface area (Å²) in [5, 5.41) is 5.46. The van der Waals surface area contributed by atoms with Crippen molar-refractivity contribution in [3.8, 4) is 5.75 Å². The molecule has 32 heavy (non-hydrogen) atoms. The first-order chi connectivity index (χ1) is 15.5. The van der Waals surface area contributed by atoms with Gasteiger partial charge < -0.3 is 19.9 Å². The van der Waals surface area contributed by atoms with Gasteiger partial charge in [0.05, 0.1) is 13.2 Å². The minimum Gasteiger partial charge on any atom is -0.497 e. The second-order valence-corrected chi connectivity index (χ2v) is 7.95. The van der Waals surface area contributed by atoms with Gasteiger partial charge in [0, 0.05) is 50.3 Å². The average molecular weight is 433 g/mol. The number of aromatic nitrogens is 1. The monoisotopic (exact) mass is 432 g/mol. The largest absolute Gasteiger partial charge is 0.497 e. The van der Waals surface area contributed by atoms with Gasteiger partial charge in [-0.05, 0) is 41.8 Å². The fourth-order valence-electron chi connectivity index (χ4n) is 4.18. The molecule has 2 N–H and O–H groups in total. The first-order valence-electron chi connectivity index (χ1n) is 10.7. The van der Waals surface area contributed by atoms with Crippen molar-refractivity contribution in [1.29, 1.82) is 0 Å². The van der Waals surface area contributed by atoms with E-state index in [0.29, 0.717) is 18.0 Å². The van der Waals surface area contributed by atoms with E-state index in [4.69, 9.17) is 4.74 Å². The summed E-state index contributed by atoms with van der Waals surface area (Å²) in [5.41, 5.74) is 4.28. The lowest BCUT2D eigenvalue weighted by atomic mass is 9.98. The lowest BCUT2D eigenvalue weighted by Crippen LogP contribution is -2.44. The molecule has 7 nitrogen and oxygen atoms in total. The zero-order chi connectivity index (χ0) is 22.5. The molecule has 1 aliphatic rings. The van der Waals surface area contributed by atoms with Gasteiger partial charge in [0.1, 0.15) is 5.75 Å². The number of nitrogens with zero attached hydrogens (tertiary/aromatic N) is 2. The number of hydrogen-bond acceptors (Lipinski definition) is 4. The number of amides is 2. The summed E-state index contributed by atoms with van der Waals surface area (Å²) in [5.74, 6) is -0.755.